The monoisotopic (exact) mass is 216 g/mol. The van der Waals surface area contributed by atoms with Crippen molar-refractivity contribution < 1.29 is 0 Å². The Morgan fingerprint density at radius 2 is 1.62 bits per heavy atom. The van der Waals surface area contributed by atoms with Gasteiger partial charge >= 0.3 is 0 Å². The lowest BCUT2D eigenvalue weighted by molar-refractivity contribution is 1.36. The molecular formula is C16H24. The second-order valence-corrected chi connectivity index (χ2v) is 2.94. The third-order valence-electron chi connectivity index (χ3n) is 1.96. The van der Waals surface area contributed by atoms with Gasteiger partial charge < -0.3 is 0 Å². The summed E-state index contributed by atoms with van der Waals surface area (Å²) in [7, 11) is 0. The van der Waals surface area contributed by atoms with Gasteiger partial charge in [0, 0.05) is 0 Å². The van der Waals surface area contributed by atoms with E-state index >= 15 is 0 Å². The third kappa shape index (κ3) is 6.09. The molecule has 16 heavy (non-hydrogen) atoms. The molecule has 0 radical (unpaired) electrons. The lowest BCUT2D eigenvalue weighted by Gasteiger charge is -1.93. The number of hydrogen-bond acceptors (Lipinski definition) is 0. The van der Waals surface area contributed by atoms with Crippen LogP contribution in [0.3, 0.4) is 0 Å². The SMILES string of the molecule is C#CC.C/C=c1/cccc(C)/c1=C/C.CC. The smallest absolute Gasteiger partial charge is 0.00297 e. The van der Waals surface area contributed by atoms with Crippen molar-refractivity contribution in [2.75, 3.05) is 0 Å². The molecule has 0 heteroatoms. The van der Waals surface area contributed by atoms with Crippen molar-refractivity contribution in [1.29, 1.82) is 0 Å². The molecule has 0 saturated carbocycles. The molecule has 0 heterocycles. The molecule has 0 bridgehead atoms. The summed E-state index contributed by atoms with van der Waals surface area (Å²) < 4.78 is 0. The fourth-order valence-electron chi connectivity index (χ4n) is 1.35. The number of hydrogen-bond donors (Lipinski definition) is 0. The zero-order valence-corrected chi connectivity index (χ0v) is 11.5. The van der Waals surface area contributed by atoms with Crippen molar-refractivity contribution >= 4 is 12.2 Å². The van der Waals surface area contributed by atoms with E-state index in [1.807, 2.05) is 13.8 Å². The normalized spacial score (nSPS) is 10.6. The standard InChI is InChI=1S/C11H14.C3H4.C2H6/c1-4-10-8-6-7-9(3)11(10)5-2;1-3-2;1-2/h4-8H,1-3H3;1H,2H3;1-2H3/b10-4-,11-5-;;. The summed E-state index contributed by atoms with van der Waals surface area (Å²) in [6.45, 7) is 11.9. The van der Waals surface area contributed by atoms with E-state index in [1.165, 1.54) is 16.0 Å². The van der Waals surface area contributed by atoms with Crippen LogP contribution < -0.4 is 10.4 Å². The van der Waals surface area contributed by atoms with Crippen LogP contribution >= 0.6 is 0 Å². The van der Waals surface area contributed by atoms with Crippen LogP contribution in [-0.4, -0.2) is 0 Å². The lowest BCUT2D eigenvalue weighted by Crippen LogP contribution is -2.25. The highest BCUT2D eigenvalue weighted by Crippen LogP contribution is 1.83. The Hall–Kier alpha value is -1.48. The lowest BCUT2D eigenvalue weighted by atomic mass is 10.1. The first-order chi connectivity index (χ1) is 7.71. The largest absolute Gasteiger partial charge is 0.120 e. The molecule has 0 aromatic heterocycles. The summed E-state index contributed by atoms with van der Waals surface area (Å²) >= 11 is 0. The van der Waals surface area contributed by atoms with Crippen molar-refractivity contribution in [3.8, 4) is 12.3 Å². The van der Waals surface area contributed by atoms with E-state index in [4.69, 9.17) is 0 Å². The zero-order valence-electron chi connectivity index (χ0n) is 11.5. The maximum Gasteiger partial charge on any atom is -0.00297 e. The van der Waals surface area contributed by atoms with Gasteiger partial charge in [0.15, 0.2) is 0 Å². The summed E-state index contributed by atoms with van der Waals surface area (Å²) in [6.07, 6.45) is 8.90. The topological polar surface area (TPSA) is 0 Å². The van der Waals surface area contributed by atoms with Gasteiger partial charge in [-0.25, -0.2) is 0 Å². The summed E-state index contributed by atoms with van der Waals surface area (Å²) in [5.74, 6) is 2.25. The molecule has 88 valence electrons. The molecule has 0 aliphatic rings. The minimum absolute atomic E-state index is 1.33. The Bertz CT molecular complexity index is 416. The highest BCUT2D eigenvalue weighted by Gasteiger charge is 1.86. The van der Waals surface area contributed by atoms with E-state index in [-0.39, 0.29) is 0 Å². The molecule has 0 N–H and O–H groups in total. The van der Waals surface area contributed by atoms with Crippen LogP contribution in [0.15, 0.2) is 18.2 Å². The summed E-state index contributed by atoms with van der Waals surface area (Å²) in [6, 6.07) is 6.38. The molecule has 0 aliphatic carbocycles. The number of rotatable bonds is 0. The van der Waals surface area contributed by atoms with E-state index in [1.54, 1.807) is 6.92 Å². The molecule has 1 aromatic carbocycles. The first-order valence-corrected chi connectivity index (χ1v) is 5.76. The minimum Gasteiger partial charge on any atom is -0.120 e. The van der Waals surface area contributed by atoms with Gasteiger partial charge in [0.05, 0.1) is 0 Å². The summed E-state index contributed by atoms with van der Waals surface area (Å²) in [5.41, 5.74) is 1.35. The van der Waals surface area contributed by atoms with Gasteiger partial charge in [-0.1, -0.05) is 44.2 Å². The molecule has 0 nitrogen and oxygen atoms in total. The van der Waals surface area contributed by atoms with E-state index < -0.39 is 0 Å². The number of terminal acetylenes is 1. The van der Waals surface area contributed by atoms with Crippen LogP contribution in [0.4, 0.5) is 0 Å². The van der Waals surface area contributed by atoms with Crippen molar-refractivity contribution in [3.63, 3.8) is 0 Å². The van der Waals surface area contributed by atoms with E-state index in [9.17, 15) is 0 Å². The number of aryl methyl sites for hydroxylation is 1. The van der Waals surface area contributed by atoms with Crippen molar-refractivity contribution in [2.24, 2.45) is 0 Å². The predicted octanol–water partition coefficient (Wildman–Crippen LogP) is 3.26. The maximum absolute atomic E-state index is 4.60. The van der Waals surface area contributed by atoms with Crippen LogP contribution in [0.25, 0.3) is 12.2 Å². The van der Waals surface area contributed by atoms with Gasteiger partial charge in [0.1, 0.15) is 0 Å². The average molecular weight is 216 g/mol. The van der Waals surface area contributed by atoms with Gasteiger partial charge in [-0.05, 0) is 43.7 Å². The van der Waals surface area contributed by atoms with E-state index in [0.29, 0.717) is 0 Å². The van der Waals surface area contributed by atoms with Crippen LogP contribution in [0.5, 0.6) is 0 Å². The van der Waals surface area contributed by atoms with E-state index in [2.05, 4.69) is 63.5 Å². The quantitative estimate of drug-likeness (QED) is 0.584. The van der Waals surface area contributed by atoms with Crippen molar-refractivity contribution in [1.82, 2.24) is 0 Å². The molecular weight excluding hydrogens is 192 g/mol. The summed E-state index contributed by atoms with van der Waals surface area (Å²) in [5, 5.41) is 2.68. The maximum atomic E-state index is 4.60. The first kappa shape index (κ1) is 16.9. The molecule has 0 atom stereocenters. The predicted molar refractivity (Wildman–Crippen MR) is 76.6 cm³/mol. The Kier molecular flexibility index (Phi) is 12.3. The molecule has 1 rings (SSSR count). The minimum atomic E-state index is 1.33. The average Bonchev–Trinajstić information content (AvgIpc) is 2.32. The van der Waals surface area contributed by atoms with Crippen molar-refractivity contribution in [2.45, 2.75) is 41.5 Å². The Morgan fingerprint density at radius 3 is 1.94 bits per heavy atom. The van der Waals surface area contributed by atoms with Crippen LogP contribution in [0, 0.1) is 19.3 Å². The van der Waals surface area contributed by atoms with Gasteiger partial charge in [-0.3, -0.25) is 0 Å². The second-order valence-electron chi connectivity index (χ2n) is 2.94. The zero-order chi connectivity index (χ0) is 13.0. The van der Waals surface area contributed by atoms with Crippen LogP contribution in [-0.2, 0) is 0 Å². The van der Waals surface area contributed by atoms with Gasteiger partial charge in [0.25, 0.3) is 0 Å². The molecule has 0 amide bonds. The molecule has 0 unspecified atom stereocenters. The molecule has 0 saturated heterocycles. The van der Waals surface area contributed by atoms with Gasteiger partial charge in [0.2, 0.25) is 0 Å². The van der Waals surface area contributed by atoms with Crippen LogP contribution in [0.1, 0.15) is 40.2 Å². The van der Waals surface area contributed by atoms with Crippen molar-refractivity contribution in [3.05, 3.63) is 34.2 Å². The fourth-order valence-corrected chi connectivity index (χ4v) is 1.35. The molecule has 0 aliphatic heterocycles. The Morgan fingerprint density at radius 1 is 1.12 bits per heavy atom. The molecule has 0 spiro atoms. The molecule has 1 aromatic rings. The first-order valence-electron chi connectivity index (χ1n) is 5.76. The second kappa shape index (κ2) is 11.6. The summed E-state index contributed by atoms with van der Waals surface area (Å²) in [4.78, 5) is 0. The highest BCUT2D eigenvalue weighted by molar-refractivity contribution is 5.33. The Balaban J connectivity index is 0. The van der Waals surface area contributed by atoms with Gasteiger partial charge in [-0.2, -0.15) is 0 Å². The fraction of sp³-hybridized carbons (Fsp3) is 0.375. The molecule has 0 fully saturated rings. The number of benzene rings is 1. The van der Waals surface area contributed by atoms with E-state index in [0.717, 1.165) is 0 Å². The highest BCUT2D eigenvalue weighted by atomic mass is 13.9. The third-order valence-corrected chi connectivity index (χ3v) is 1.96. The Labute approximate surface area is 101 Å². The van der Waals surface area contributed by atoms with Crippen LogP contribution in [0.2, 0.25) is 0 Å². The van der Waals surface area contributed by atoms with Gasteiger partial charge in [-0.15, -0.1) is 12.3 Å².